The summed E-state index contributed by atoms with van der Waals surface area (Å²) >= 11 is 0. The summed E-state index contributed by atoms with van der Waals surface area (Å²) in [6.07, 6.45) is 5.69. The molecule has 1 N–H and O–H groups in total. The van der Waals surface area contributed by atoms with Gasteiger partial charge in [0, 0.05) is 25.1 Å². The van der Waals surface area contributed by atoms with Crippen LogP contribution in [0.4, 0.5) is 4.39 Å². The van der Waals surface area contributed by atoms with Crippen LogP contribution in [0.5, 0.6) is 0 Å². The Labute approximate surface area is 88.7 Å². The van der Waals surface area contributed by atoms with Crippen molar-refractivity contribution in [2.45, 2.75) is 13.0 Å². The number of benzene rings is 1. The molecule has 3 heteroatoms. The predicted octanol–water partition coefficient (Wildman–Crippen LogP) is 1.81. The van der Waals surface area contributed by atoms with Gasteiger partial charge >= 0.3 is 0 Å². The third kappa shape index (κ3) is 3.42. The molecule has 0 heterocycles. The minimum absolute atomic E-state index is 0.304. The van der Waals surface area contributed by atoms with Gasteiger partial charge in [-0.05, 0) is 18.2 Å². The molecular formula is C12H11FN2. The molecule has 2 nitrogen and oxygen atoms in total. The van der Waals surface area contributed by atoms with Gasteiger partial charge in [-0.25, -0.2) is 4.39 Å². The fourth-order valence-electron chi connectivity index (χ4n) is 1.16. The second-order valence-electron chi connectivity index (χ2n) is 3.05. The van der Waals surface area contributed by atoms with E-state index in [0.717, 1.165) is 0 Å². The van der Waals surface area contributed by atoms with Gasteiger partial charge in [0.05, 0.1) is 11.6 Å². The standard InChI is InChI=1S/C12H11FN2/c1-2-3-6-15-9-11-7-10(8-14)4-5-12(11)13/h1,4-5,7,15H,3,6,9H2. The fraction of sp³-hybridized carbons (Fsp3) is 0.250. The first-order valence-corrected chi connectivity index (χ1v) is 4.60. The third-order valence-electron chi connectivity index (χ3n) is 1.94. The lowest BCUT2D eigenvalue weighted by molar-refractivity contribution is 0.590. The molecule has 1 aromatic carbocycles. The smallest absolute Gasteiger partial charge is 0.127 e. The van der Waals surface area contributed by atoms with Crippen molar-refractivity contribution < 1.29 is 4.39 Å². The lowest BCUT2D eigenvalue weighted by Crippen LogP contribution is -2.15. The molecule has 0 saturated heterocycles. The van der Waals surface area contributed by atoms with Crippen LogP contribution in [-0.2, 0) is 6.54 Å². The molecule has 0 spiro atoms. The van der Waals surface area contributed by atoms with Crippen LogP contribution in [0.25, 0.3) is 0 Å². The topological polar surface area (TPSA) is 35.8 Å². The maximum Gasteiger partial charge on any atom is 0.127 e. The number of nitriles is 1. The molecule has 0 unspecified atom stereocenters. The van der Waals surface area contributed by atoms with Gasteiger partial charge < -0.3 is 5.32 Å². The number of hydrogen-bond donors (Lipinski definition) is 1. The Morgan fingerprint density at radius 1 is 1.47 bits per heavy atom. The zero-order chi connectivity index (χ0) is 11.1. The van der Waals surface area contributed by atoms with Crippen LogP contribution >= 0.6 is 0 Å². The van der Waals surface area contributed by atoms with Gasteiger partial charge in [-0.1, -0.05) is 0 Å². The molecule has 15 heavy (non-hydrogen) atoms. The molecular weight excluding hydrogens is 191 g/mol. The fourth-order valence-corrected chi connectivity index (χ4v) is 1.16. The van der Waals surface area contributed by atoms with Crippen LogP contribution in [-0.4, -0.2) is 6.54 Å². The van der Waals surface area contributed by atoms with E-state index in [1.54, 1.807) is 0 Å². The number of nitrogens with one attached hydrogen (secondary N) is 1. The second-order valence-corrected chi connectivity index (χ2v) is 3.05. The van der Waals surface area contributed by atoms with Crippen molar-refractivity contribution in [3.05, 3.63) is 35.1 Å². The second kappa shape index (κ2) is 5.80. The van der Waals surface area contributed by atoms with Gasteiger partial charge in [-0.15, -0.1) is 12.3 Å². The van der Waals surface area contributed by atoms with E-state index in [4.69, 9.17) is 11.7 Å². The molecule has 0 atom stereocenters. The summed E-state index contributed by atoms with van der Waals surface area (Å²) in [6.45, 7) is 1.04. The van der Waals surface area contributed by atoms with E-state index in [-0.39, 0.29) is 5.82 Å². The minimum atomic E-state index is -0.304. The lowest BCUT2D eigenvalue weighted by atomic mass is 10.1. The summed E-state index contributed by atoms with van der Waals surface area (Å²) < 4.78 is 13.2. The van der Waals surface area contributed by atoms with Crippen LogP contribution in [0, 0.1) is 29.5 Å². The SMILES string of the molecule is C#CCCNCc1cc(C#N)ccc1F. The maximum absolute atomic E-state index is 13.2. The maximum atomic E-state index is 13.2. The highest BCUT2D eigenvalue weighted by atomic mass is 19.1. The van der Waals surface area contributed by atoms with Crippen LogP contribution in [0.3, 0.4) is 0 Å². The van der Waals surface area contributed by atoms with E-state index in [0.29, 0.717) is 30.6 Å². The molecule has 0 saturated carbocycles. The third-order valence-corrected chi connectivity index (χ3v) is 1.94. The van der Waals surface area contributed by atoms with E-state index >= 15 is 0 Å². The summed E-state index contributed by atoms with van der Waals surface area (Å²) in [5.41, 5.74) is 0.955. The molecule has 0 fully saturated rings. The highest BCUT2D eigenvalue weighted by Gasteiger charge is 2.02. The molecule has 0 aromatic heterocycles. The zero-order valence-electron chi connectivity index (χ0n) is 8.26. The number of rotatable bonds is 4. The quantitative estimate of drug-likeness (QED) is 0.597. The number of nitrogens with zero attached hydrogens (tertiary/aromatic N) is 1. The normalized spacial score (nSPS) is 9.27. The Bertz CT molecular complexity index is 413. The Balaban J connectivity index is 2.61. The van der Waals surface area contributed by atoms with Crippen molar-refractivity contribution >= 4 is 0 Å². The monoisotopic (exact) mass is 202 g/mol. The number of hydrogen-bond acceptors (Lipinski definition) is 2. The molecule has 1 aromatic rings. The molecule has 0 aliphatic rings. The van der Waals surface area contributed by atoms with Gasteiger partial charge in [-0.3, -0.25) is 0 Å². The van der Waals surface area contributed by atoms with Gasteiger partial charge in [-0.2, -0.15) is 5.26 Å². The Morgan fingerprint density at radius 3 is 2.93 bits per heavy atom. The van der Waals surface area contributed by atoms with E-state index in [1.165, 1.54) is 18.2 Å². The van der Waals surface area contributed by atoms with Crippen LogP contribution in [0.2, 0.25) is 0 Å². The first kappa shape index (κ1) is 11.2. The van der Waals surface area contributed by atoms with Gasteiger partial charge in [0.1, 0.15) is 5.82 Å². The molecule has 0 radical (unpaired) electrons. The largest absolute Gasteiger partial charge is 0.312 e. The highest BCUT2D eigenvalue weighted by Crippen LogP contribution is 2.09. The first-order valence-electron chi connectivity index (χ1n) is 4.60. The van der Waals surface area contributed by atoms with Crippen molar-refractivity contribution in [3.63, 3.8) is 0 Å². The van der Waals surface area contributed by atoms with Crippen molar-refractivity contribution in [2.24, 2.45) is 0 Å². The molecule has 0 aliphatic heterocycles. The van der Waals surface area contributed by atoms with Crippen LogP contribution < -0.4 is 5.32 Å². The zero-order valence-corrected chi connectivity index (χ0v) is 8.26. The van der Waals surface area contributed by atoms with E-state index in [9.17, 15) is 4.39 Å². The molecule has 0 amide bonds. The average Bonchev–Trinajstić information content (AvgIpc) is 2.26. The molecule has 1 rings (SSSR count). The Morgan fingerprint density at radius 2 is 2.27 bits per heavy atom. The summed E-state index contributed by atoms with van der Waals surface area (Å²) in [4.78, 5) is 0. The molecule has 0 bridgehead atoms. The summed E-state index contributed by atoms with van der Waals surface area (Å²) in [5, 5.41) is 11.6. The van der Waals surface area contributed by atoms with Crippen molar-refractivity contribution in [3.8, 4) is 18.4 Å². The Kier molecular flexibility index (Phi) is 4.34. The van der Waals surface area contributed by atoms with Crippen molar-refractivity contribution in [2.75, 3.05) is 6.54 Å². The number of terminal acetylenes is 1. The number of halogens is 1. The van der Waals surface area contributed by atoms with E-state index < -0.39 is 0 Å². The summed E-state index contributed by atoms with van der Waals surface area (Å²) in [7, 11) is 0. The average molecular weight is 202 g/mol. The van der Waals surface area contributed by atoms with Gasteiger partial charge in [0.25, 0.3) is 0 Å². The van der Waals surface area contributed by atoms with Gasteiger partial charge in [0.2, 0.25) is 0 Å². The summed E-state index contributed by atoms with van der Waals surface area (Å²) in [6, 6.07) is 6.27. The predicted molar refractivity (Wildman–Crippen MR) is 56.3 cm³/mol. The lowest BCUT2D eigenvalue weighted by Gasteiger charge is -2.04. The van der Waals surface area contributed by atoms with Crippen LogP contribution in [0.15, 0.2) is 18.2 Å². The summed E-state index contributed by atoms with van der Waals surface area (Å²) in [5.74, 6) is 2.18. The Hall–Kier alpha value is -1.84. The minimum Gasteiger partial charge on any atom is -0.312 e. The van der Waals surface area contributed by atoms with E-state index in [2.05, 4.69) is 11.2 Å². The highest BCUT2D eigenvalue weighted by molar-refractivity contribution is 5.33. The van der Waals surface area contributed by atoms with Crippen molar-refractivity contribution in [1.29, 1.82) is 5.26 Å². The van der Waals surface area contributed by atoms with Gasteiger partial charge in [0.15, 0.2) is 0 Å². The molecule has 76 valence electrons. The molecule has 0 aliphatic carbocycles. The van der Waals surface area contributed by atoms with Crippen molar-refractivity contribution in [1.82, 2.24) is 5.32 Å². The van der Waals surface area contributed by atoms with Crippen LogP contribution in [0.1, 0.15) is 17.5 Å². The first-order chi connectivity index (χ1) is 7.27. The van der Waals surface area contributed by atoms with E-state index in [1.807, 2.05) is 6.07 Å².